The number of fused-ring (bicyclic) bond motifs is 1. The van der Waals surface area contributed by atoms with Gasteiger partial charge in [0.2, 0.25) is 15.9 Å². The van der Waals surface area contributed by atoms with Crippen LogP contribution in [0.1, 0.15) is 26.7 Å². The number of piperidine rings is 1. The number of nitrogens with one attached hydrogen (secondary N) is 3. The topological polar surface area (TPSA) is 136 Å². The van der Waals surface area contributed by atoms with Gasteiger partial charge in [0.25, 0.3) is 0 Å². The van der Waals surface area contributed by atoms with E-state index in [2.05, 4.69) is 22.1 Å². The number of carbonyl (C=O) groups is 1. The van der Waals surface area contributed by atoms with Crippen LogP contribution >= 0.6 is 0 Å². The molecule has 4 heterocycles. The van der Waals surface area contributed by atoms with E-state index >= 15 is 0 Å². The highest BCUT2D eigenvalue weighted by Gasteiger charge is 2.51. The summed E-state index contributed by atoms with van der Waals surface area (Å²) in [4.78, 5) is 13.1. The first-order chi connectivity index (χ1) is 17.2. The second-order valence-electron chi connectivity index (χ2n) is 10.5. The summed E-state index contributed by atoms with van der Waals surface area (Å²) >= 11 is 0. The minimum atomic E-state index is -3.64. The first kappa shape index (κ1) is 25.4. The Kier molecular flexibility index (Phi) is 6.97. The molecule has 4 aliphatic rings. The van der Waals surface area contributed by atoms with Crippen LogP contribution in [0.3, 0.4) is 0 Å². The van der Waals surface area contributed by atoms with E-state index in [0.29, 0.717) is 51.6 Å². The molecule has 12 heteroatoms. The minimum Gasteiger partial charge on any atom is -0.380 e. The van der Waals surface area contributed by atoms with E-state index in [0.717, 1.165) is 6.42 Å². The molecule has 0 bridgehead atoms. The zero-order valence-corrected chi connectivity index (χ0v) is 21.5. The van der Waals surface area contributed by atoms with Crippen molar-refractivity contribution in [1.82, 2.24) is 20.1 Å². The lowest BCUT2D eigenvalue weighted by Gasteiger charge is -2.39. The molecule has 0 aromatic heterocycles. The Morgan fingerprint density at radius 3 is 2.67 bits per heavy atom. The number of anilines is 1. The van der Waals surface area contributed by atoms with E-state index in [1.807, 2.05) is 18.9 Å². The van der Waals surface area contributed by atoms with Gasteiger partial charge >= 0.3 is 0 Å². The van der Waals surface area contributed by atoms with Crippen LogP contribution in [0.25, 0.3) is 0 Å². The standard InChI is InChI=1S/C24H34N6O5S/c1-24(2)15-29(10-12-35-24)36(32,33)18-5-3-17(4-6-18)27-22-21-19(7-9-26-23(21)31)30(28-22)20-14-34-11-8-16(20)13-25/h3-6,16,19-22,27-28H,7-12,14-15H2,1-2H3,(H,26,31)/t16-,19?,20+,21?,22?/m1/s1. The molecule has 5 atom stereocenters. The largest absolute Gasteiger partial charge is 0.380 e. The number of hydrogen-bond donors (Lipinski definition) is 3. The molecular weight excluding hydrogens is 484 g/mol. The van der Waals surface area contributed by atoms with Crippen LogP contribution in [0, 0.1) is 23.2 Å². The number of hydrogen-bond acceptors (Lipinski definition) is 9. The molecule has 0 spiro atoms. The molecule has 196 valence electrons. The monoisotopic (exact) mass is 518 g/mol. The van der Waals surface area contributed by atoms with Crippen molar-refractivity contribution in [2.24, 2.45) is 11.8 Å². The third-order valence-corrected chi connectivity index (χ3v) is 9.37. The Balaban J connectivity index is 1.32. The van der Waals surface area contributed by atoms with Crippen LogP contribution in [-0.2, 0) is 24.3 Å². The molecule has 4 aliphatic heterocycles. The normalized spacial score (nSPS) is 33.4. The molecule has 4 saturated heterocycles. The maximum absolute atomic E-state index is 13.2. The van der Waals surface area contributed by atoms with Gasteiger partial charge in [-0.05, 0) is 51.0 Å². The average Bonchev–Trinajstić information content (AvgIpc) is 3.23. The maximum Gasteiger partial charge on any atom is 0.243 e. The summed E-state index contributed by atoms with van der Waals surface area (Å²) in [7, 11) is -3.64. The van der Waals surface area contributed by atoms with Crippen LogP contribution in [-0.4, -0.2) is 86.9 Å². The Morgan fingerprint density at radius 2 is 1.94 bits per heavy atom. The van der Waals surface area contributed by atoms with Gasteiger partial charge in [-0.2, -0.15) is 9.57 Å². The zero-order chi connectivity index (χ0) is 25.5. The highest BCUT2D eigenvalue weighted by atomic mass is 32.2. The van der Waals surface area contributed by atoms with Crippen LogP contribution in [0.15, 0.2) is 29.2 Å². The number of morpholine rings is 1. The summed E-state index contributed by atoms with van der Waals surface area (Å²) < 4.78 is 39.1. The van der Waals surface area contributed by atoms with E-state index in [4.69, 9.17) is 9.47 Å². The van der Waals surface area contributed by atoms with Gasteiger partial charge in [0.1, 0.15) is 6.17 Å². The second kappa shape index (κ2) is 9.89. The molecule has 1 amide bonds. The number of sulfonamides is 1. The lowest BCUT2D eigenvalue weighted by Crippen LogP contribution is -2.56. The molecule has 5 rings (SSSR count). The van der Waals surface area contributed by atoms with Gasteiger partial charge in [-0.1, -0.05) is 0 Å². The molecular formula is C24H34N6O5S. The quantitative estimate of drug-likeness (QED) is 0.508. The van der Waals surface area contributed by atoms with Crippen molar-refractivity contribution in [3.63, 3.8) is 0 Å². The fourth-order valence-corrected chi connectivity index (χ4v) is 7.25. The number of nitrogens with zero attached hydrogens (tertiary/aromatic N) is 3. The average molecular weight is 519 g/mol. The van der Waals surface area contributed by atoms with E-state index < -0.39 is 21.8 Å². The highest BCUT2D eigenvalue weighted by molar-refractivity contribution is 7.89. The van der Waals surface area contributed by atoms with Crippen LogP contribution < -0.4 is 16.1 Å². The fraction of sp³-hybridized carbons (Fsp3) is 0.667. The Bertz CT molecular complexity index is 1120. The van der Waals surface area contributed by atoms with Gasteiger partial charge in [-0.15, -0.1) is 0 Å². The number of ether oxygens (including phenoxy) is 2. The number of nitriles is 1. The summed E-state index contributed by atoms with van der Waals surface area (Å²) in [6.07, 6.45) is 1.03. The van der Waals surface area contributed by atoms with Crippen molar-refractivity contribution < 1.29 is 22.7 Å². The molecule has 1 aromatic rings. The molecule has 0 saturated carbocycles. The Morgan fingerprint density at radius 1 is 1.17 bits per heavy atom. The zero-order valence-electron chi connectivity index (χ0n) is 20.6. The van der Waals surface area contributed by atoms with Crippen molar-refractivity contribution in [1.29, 1.82) is 5.26 Å². The Labute approximate surface area is 212 Å². The van der Waals surface area contributed by atoms with Gasteiger partial charge in [0.05, 0.1) is 47.7 Å². The number of rotatable bonds is 5. The fourth-order valence-electron chi connectivity index (χ4n) is 5.68. The molecule has 11 nitrogen and oxygen atoms in total. The predicted molar refractivity (Wildman–Crippen MR) is 131 cm³/mol. The van der Waals surface area contributed by atoms with Gasteiger partial charge in [0.15, 0.2) is 0 Å². The molecule has 3 unspecified atom stereocenters. The molecule has 4 fully saturated rings. The van der Waals surface area contributed by atoms with Crippen LogP contribution in [0.5, 0.6) is 0 Å². The Hall–Kier alpha value is -2.27. The van der Waals surface area contributed by atoms with Crippen molar-refractivity contribution >= 4 is 21.6 Å². The summed E-state index contributed by atoms with van der Waals surface area (Å²) in [5, 5.41) is 18.1. The molecule has 1 aromatic carbocycles. The van der Waals surface area contributed by atoms with Crippen molar-refractivity contribution in [2.75, 3.05) is 44.8 Å². The van der Waals surface area contributed by atoms with Crippen LogP contribution in [0.4, 0.5) is 5.69 Å². The lowest BCUT2D eigenvalue weighted by molar-refractivity contribution is -0.128. The van der Waals surface area contributed by atoms with Crippen LogP contribution in [0.2, 0.25) is 0 Å². The smallest absolute Gasteiger partial charge is 0.243 e. The molecule has 36 heavy (non-hydrogen) atoms. The number of benzene rings is 1. The summed E-state index contributed by atoms with van der Waals surface area (Å²) in [5.74, 6) is -0.581. The van der Waals surface area contributed by atoms with Crippen molar-refractivity contribution in [2.45, 2.75) is 55.4 Å². The second-order valence-corrected chi connectivity index (χ2v) is 12.4. The van der Waals surface area contributed by atoms with Crippen molar-refractivity contribution in [3.8, 4) is 6.07 Å². The summed E-state index contributed by atoms with van der Waals surface area (Å²) in [5.41, 5.74) is 3.61. The van der Waals surface area contributed by atoms with E-state index in [1.54, 1.807) is 24.3 Å². The first-order valence-electron chi connectivity index (χ1n) is 12.5. The van der Waals surface area contributed by atoms with Crippen molar-refractivity contribution in [3.05, 3.63) is 24.3 Å². The number of amides is 1. The highest BCUT2D eigenvalue weighted by Crippen LogP contribution is 2.34. The number of carbonyl (C=O) groups excluding carboxylic acids is 1. The maximum atomic E-state index is 13.2. The summed E-state index contributed by atoms with van der Waals surface area (Å²) in [6, 6.07) is 8.82. The lowest BCUT2D eigenvalue weighted by atomic mass is 9.88. The third-order valence-electron chi connectivity index (χ3n) is 7.52. The molecule has 0 aliphatic carbocycles. The van der Waals surface area contributed by atoms with Gasteiger partial charge in [-0.25, -0.2) is 18.9 Å². The SMILES string of the molecule is CC1(C)CN(S(=O)(=O)c2ccc(NC3NN([C@H]4COCC[C@@H]4C#N)C4CCNC(=O)C34)cc2)CCO1. The van der Waals surface area contributed by atoms with E-state index in [9.17, 15) is 18.5 Å². The van der Waals surface area contributed by atoms with E-state index in [1.165, 1.54) is 4.31 Å². The predicted octanol–water partition coefficient (Wildman–Crippen LogP) is 0.478. The summed E-state index contributed by atoms with van der Waals surface area (Å²) in [6.45, 7) is 6.33. The first-order valence-corrected chi connectivity index (χ1v) is 13.9. The van der Waals surface area contributed by atoms with Gasteiger partial charge in [0, 0.05) is 38.0 Å². The number of hydrazine groups is 1. The minimum absolute atomic E-state index is 0.0434. The molecule has 3 N–H and O–H groups in total. The van der Waals surface area contributed by atoms with E-state index in [-0.39, 0.29) is 34.7 Å². The molecule has 0 radical (unpaired) electrons. The third kappa shape index (κ3) is 4.83. The van der Waals surface area contributed by atoms with Gasteiger partial charge in [-0.3, -0.25) is 4.79 Å². The van der Waals surface area contributed by atoms with Gasteiger partial charge < -0.3 is 20.1 Å².